The van der Waals surface area contributed by atoms with Crippen LogP contribution in [-0.2, 0) is 0 Å². The van der Waals surface area contributed by atoms with Crippen LogP contribution in [0.5, 0.6) is 0 Å². The van der Waals surface area contributed by atoms with E-state index in [1.807, 2.05) is 0 Å². The molecule has 2 rings (SSSR count). The molecule has 0 amide bonds. The second-order valence-electron chi connectivity index (χ2n) is 3.22. The molecule has 1 aromatic carbocycles. The largest absolute Gasteiger partial charge is 0.476 e. The standard InChI is InChI=1S/C11H6FNO4/c12-7-3-1-2-6(4-7)10(14)8-5-17-13-9(8)11(15)16/h1-5H,(H,15,16). The van der Waals surface area contributed by atoms with E-state index in [4.69, 9.17) is 5.11 Å². The summed E-state index contributed by atoms with van der Waals surface area (Å²) in [6, 6.07) is 4.93. The van der Waals surface area contributed by atoms with Gasteiger partial charge in [-0.05, 0) is 12.1 Å². The van der Waals surface area contributed by atoms with E-state index in [2.05, 4.69) is 9.68 Å². The summed E-state index contributed by atoms with van der Waals surface area (Å²) in [6.45, 7) is 0. The molecule has 2 aromatic rings. The molecule has 0 unspecified atom stereocenters. The molecule has 1 heterocycles. The van der Waals surface area contributed by atoms with Crippen molar-refractivity contribution in [3.05, 3.63) is 53.2 Å². The zero-order valence-corrected chi connectivity index (χ0v) is 8.38. The lowest BCUT2D eigenvalue weighted by Crippen LogP contribution is -2.08. The highest BCUT2D eigenvalue weighted by Gasteiger charge is 2.22. The minimum absolute atomic E-state index is 0.0377. The van der Waals surface area contributed by atoms with Crippen LogP contribution in [0.1, 0.15) is 26.4 Å². The Kier molecular flexibility index (Phi) is 2.70. The number of halogens is 1. The van der Waals surface area contributed by atoms with E-state index in [-0.39, 0.29) is 11.1 Å². The summed E-state index contributed by atoms with van der Waals surface area (Å²) in [5, 5.41) is 12.0. The van der Waals surface area contributed by atoms with Crippen molar-refractivity contribution in [3.63, 3.8) is 0 Å². The van der Waals surface area contributed by atoms with Gasteiger partial charge in [0.25, 0.3) is 0 Å². The van der Waals surface area contributed by atoms with E-state index in [9.17, 15) is 14.0 Å². The van der Waals surface area contributed by atoms with Crippen LogP contribution >= 0.6 is 0 Å². The number of carboxylic acids is 1. The number of ketones is 1. The van der Waals surface area contributed by atoms with Crippen LogP contribution in [0.3, 0.4) is 0 Å². The summed E-state index contributed by atoms with van der Waals surface area (Å²) < 4.78 is 17.4. The monoisotopic (exact) mass is 235 g/mol. The lowest BCUT2D eigenvalue weighted by atomic mass is 10.0. The fourth-order valence-corrected chi connectivity index (χ4v) is 1.34. The first kappa shape index (κ1) is 11.0. The first-order chi connectivity index (χ1) is 8.09. The van der Waals surface area contributed by atoms with E-state index < -0.39 is 23.3 Å². The Labute approximate surface area is 94.5 Å². The molecule has 0 saturated heterocycles. The van der Waals surface area contributed by atoms with Gasteiger partial charge in [-0.15, -0.1) is 0 Å². The highest BCUT2D eigenvalue weighted by molar-refractivity contribution is 6.13. The number of carbonyl (C=O) groups is 2. The van der Waals surface area contributed by atoms with Crippen LogP contribution in [0.15, 0.2) is 35.1 Å². The van der Waals surface area contributed by atoms with Gasteiger partial charge < -0.3 is 9.63 Å². The van der Waals surface area contributed by atoms with Crippen molar-refractivity contribution in [2.45, 2.75) is 0 Å². The Morgan fingerprint density at radius 2 is 2.12 bits per heavy atom. The third-order valence-electron chi connectivity index (χ3n) is 2.10. The van der Waals surface area contributed by atoms with Gasteiger partial charge >= 0.3 is 5.97 Å². The predicted octanol–water partition coefficient (Wildman–Crippen LogP) is 1.74. The van der Waals surface area contributed by atoms with Crippen molar-refractivity contribution in [2.24, 2.45) is 0 Å². The Hall–Kier alpha value is -2.50. The van der Waals surface area contributed by atoms with E-state index in [0.29, 0.717) is 0 Å². The molecule has 6 heteroatoms. The highest BCUT2D eigenvalue weighted by atomic mass is 19.1. The second kappa shape index (κ2) is 4.17. The van der Waals surface area contributed by atoms with Gasteiger partial charge in [0.05, 0.1) is 5.56 Å². The van der Waals surface area contributed by atoms with Gasteiger partial charge in [-0.3, -0.25) is 4.79 Å². The highest BCUT2D eigenvalue weighted by Crippen LogP contribution is 2.14. The molecule has 0 atom stereocenters. The second-order valence-corrected chi connectivity index (χ2v) is 3.22. The molecule has 0 aliphatic heterocycles. The smallest absolute Gasteiger partial charge is 0.358 e. The van der Waals surface area contributed by atoms with Crippen LogP contribution in [-0.4, -0.2) is 22.0 Å². The number of carbonyl (C=O) groups excluding carboxylic acids is 1. The number of hydrogen-bond acceptors (Lipinski definition) is 4. The SMILES string of the molecule is O=C(c1cccc(F)c1)c1conc1C(=O)O. The van der Waals surface area contributed by atoms with Crippen LogP contribution in [0, 0.1) is 5.82 Å². The molecular formula is C11H6FNO4. The van der Waals surface area contributed by atoms with E-state index >= 15 is 0 Å². The summed E-state index contributed by atoms with van der Waals surface area (Å²) in [6.07, 6.45) is 0.927. The Bertz CT molecular complexity index is 591. The summed E-state index contributed by atoms with van der Waals surface area (Å²) in [5.41, 5.74) is -0.655. The van der Waals surface area contributed by atoms with Crippen molar-refractivity contribution in [1.82, 2.24) is 5.16 Å². The van der Waals surface area contributed by atoms with Gasteiger partial charge in [-0.25, -0.2) is 9.18 Å². The first-order valence-corrected chi connectivity index (χ1v) is 4.57. The third-order valence-corrected chi connectivity index (χ3v) is 2.10. The first-order valence-electron chi connectivity index (χ1n) is 4.57. The molecular weight excluding hydrogens is 229 g/mol. The Morgan fingerprint density at radius 1 is 1.35 bits per heavy atom. The summed E-state index contributed by atoms with van der Waals surface area (Å²) in [5.74, 6) is -2.61. The van der Waals surface area contributed by atoms with Crippen molar-refractivity contribution < 1.29 is 23.6 Å². The molecule has 0 fully saturated rings. The molecule has 0 radical (unpaired) electrons. The van der Waals surface area contributed by atoms with Gasteiger partial charge in [0.2, 0.25) is 5.69 Å². The van der Waals surface area contributed by atoms with Gasteiger partial charge in [0.15, 0.2) is 5.78 Å². The average Bonchev–Trinajstić information content (AvgIpc) is 2.77. The number of nitrogens with zero attached hydrogens (tertiary/aromatic N) is 1. The Balaban J connectivity index is 2.44. The van der Waals surface area contributed by atoms with Gasteiger partial charge in [0, 0.05) is 5.56 Å². The fraction of sp³-hybridized carbons (Fsp3) is 0. The minimum Gasteiger partial charge on any atom is -0.476 e. The van der Waals surface area contributed by atoms with Crippen LogP contribution in [0.4, 0.5) is 4.39 Å². The maximum absolute atomic E-state index is 12.9. The molecule has 0 aliphatic rings. The zero-order chi connectivity index (χ0) is 12.4. The third kappa shape index (κ3) is 2.05. The van der Waals surface area contributed by atoms with E-state index in [1.165, 1.54) is 18.2 Å². The minimum atomic E-state index is -1.38. The number of aromatic nitrogens is 1. The van der Waals surface area contributed by atoms with Gasteiger partial charge in [-0.2, -0.15) is 0 Å². The topological polar surface area (TPSA) is 80.4 Å². The molecule has 0 saturated carbocycles. The zero-order valence-electron chi connectivity index (χ0n) is 8.38. The number of aromatic carboxylic acids is 1. The molecule has 17 heavy (non-hydrogen) atoms. The molecule has 0 aliphatic carbocycles. The van der Waals surface area contributed by atoms with Crippen molar-refractivity contribution in [1.29, 1.82) is 0 Å². The maximum atomic E-state index is 12.9. The Morgan fingerprint density at radius 3 is 2.76 bits per heavy atom. The average molecular weight is 235 g/mol. The number of benzene rings is 1. The van der Waals surface area contributed by atoms with Crippen molar-refractivity contribution in [3.8, 4) is 0 Å². The normalized spacial score (nSPS) is 10.2. The molecule has 5 nitrogen and oxygen atoms in total. The molecule has 0 bridgehead atoms. The fourth-order valence-electron chi connectivity index (χ4n) is 1.34. The molecule has 1 aromatic heterocycles. The van der Waals surface area contributed by atoms with E-state index in [0.717, 1.165) is 12.3 Å². The van der Waals surface area contributed by atoms with Crippen molar-refractivity contribution in [2.75, 3.05) is 0 Å². The van der Waals surface area contributed by atoms with Crippen molar-refractivity contribution >= 4 is 11.8 Å². The summed E-state index contributed by atoms with van der Waals surface area (Å²) >= 11 is 0. The molecule has 86 valence electrons. The van der Waals surface area contributed by atoms with Gasteiger partial charge in [0.1, 0.15) is 12.1 Å². The molecule has 1 N–H and O–H groups in total. The van der Waals surface area contributed by atoms with Crippen LogP contribution < -0.4 is 0 Å². The van der Waals surface area contributed by atoms with Crippen LogP contribution in [0.2, 0.25) is 0 Å². The number of hydrogen-bond donors (Lipinski definition) is 1. The summed E-state index contributed by atoms with van der Waals surface area (Å²) in [4.78, 5) is 22.6. The van der Waals surface area contributed by atoms with Gasteiger partial charge in [-0.1, -0.05) is 17.3 Å². The predicted molar refractivity (Wildman–Crippen MR) is 53.3 cm³/mol. The lowest BCUT2D eigenvalue weighted by Gasteiger charge is -1.98. The summed E-state index contributed by atoms with van der Waals surface area (Å²) in [7, 11) is 0. The van der Waals surface area contributed by atoms with E-state index in [1.54, 1.807) is 0 Å². The maximum Gasteiger partial charge on any atom is 0.358 e. The quantitative estimate of drug-likeness (QED) is 0.819. The molecule has 0 spiro atoms. The van der Waals surface area contributed by atoms with Crippen LogP contribution in [0.25, 0.3) is 0 Å². The number of rotatable bonds is 3. The lowest BCUT2D eigenvalue weighted by molar-refractivity contribution is 0.0682. The number of carboxylic acid groups (broad SMARTS) is 1.